The second kappa shape index (κ2) is 6.76. The van der Waals surface area contributed by atoms with Crippen molar-refractivity contribution in [3.63, 3.8) is 0 Å². The molecule has 0 radical (unpaired) electrons. The normalized spacial score (nSPS) is 10.7. The monoisotopic (exact) mass is 339 g/mol. The second-order valence-electron chi connectivity index (χ2n) is 6.12. The molecule has 0 atom stereocenters. The topological polar surface area (TPSA) is 54.9 Å². The van der Waals surface area contributed by atoms with Gasteiger partial charge in [0, 0.05) is 29.0 Å². The Balaban J connectivity index is 1.62. The lowest BCUT2D eigenvalue weighted by Gasteiger charge is -2.08. The van der Waals surface area contributed by atoms with Crippen LogP contribution in [0.1, 0.15) is 16.1 Å². The fourth-order valence-electron chi connectivity index (χ4n) is 2.90. The summed E-state index contributed by atoms with van der Waals surface area (Å²) in [6.45, 7) is 1.87. The van der Waals surface area contributed by atoms with Crippen LogP contribution in [0.5, 0.6) is 0 Å². The van der Waals surface area contributed by atoms with Gasteiger partial charge in [-0.2, -0.15) is 0 Å². The Morgan fingerprint density at radius 1 is 0.885 bits per heavy atom. The molecule has 126 valence electrons. The number of carbonyl (C=O) groups excluding carboxylic acids is 1. The largest absolute Gasteiger partial charge is 0.321 e. The van der Waals surface area contributed by atoms with E-state index in [4.69, 9.17) is 0 Å². The summed E-state index contributed by atoms with van der Waals surface area (Å²) in [6.07, 6.45) is 3.47. The van der Waals surface area contributed by atoms with Gasteiger partial charge in [-0.25, -0.2) is 0 Å². The summed E-state index contributed by atoms with van der Waals surface area (Å²) in [5.74, 6) is -0.219. The molecule has 0 saturated heterocycles. The molecular weight excluding hydrogens is 322 g/mol. The maximum Gasteiger partial charge on any atom is 0.274 e. The summed E-state index contributed by atoms with van der Waals surface area (Å²) >= 11 is 0. The first-order valence-corrected chi connectivity index (χ1v) is 8.39. The summed E-state index contributed by atoms with van der Waals surface area (Å²) in [5.41, 5.74) is 5.01. The molecule has 2 aromatic heterocycles. The fraction of sp³-hybridized carbons (Fsp3) is 0.0455. The molecule has 0 bridgehead atoms. The molecule has 1 N–H and O–H groups in total. The number of pyridine rings is 2. The molecule has 0 fully saturated rings. The minimum Gasteiger partial charge on any atom is -0.321 e. The molecule has 0 saturated carbocycles. The molecule has 0 aliphatic rings. The van der Waals surface area contributed by atoms with E-state index in [0.717, 1.165) is 27.6 Å². The minimum absolute atomic E-state index is 0.219. The Kier molecular flexibility index (Phi) is 4.15. The first-order valence-electron chi connectivity index (χ1n) is 8.39. The van der Waals surface area contributed by atoms with Crippen molar-refractivity contribution in [3.05, 3.63) is 90.4 Å². The maximum absolute atomic E-state index is 12.4. The number of aromatic nitrogens is 2. The van der Waals surface area contributed by atoms with Gasteiger partial charge in [-0.15, -0.1) is 0 Å². The van der Waals surface area contributed by atoms with Crippen LogP contribution in [0.25, 0.3) is 22.0 Å². The zero-order valence-electron chi connectivity index (χ0n) is 14.3. The van der Waals surface area contributed by atoms with Crippen LogP contribution in [-0.4, -0.2) is 15.9 Å². The van der Waals surface area contributed by atoms with Crippen LogP contribution in [0, 0.1) is 6.92 Å². The summed E-state index contributed by atoms with van der Waals surface area (Å²) in [6, 6.07) is 21.7. The molecule has 4 heteroatoms. The molecule has 0 spiro atoms. The Morgan fingerprint density at radius 3 is 2.54 bits per heavy atom. The van der Waals surface area contributed by atoms with Crippen LogP contribution in [0.2, 0.25) is 0 Å². The van der Waals surface area contributed by atoms with E-state index in [1.165, 1.54) is 0 Å². The molecule has 26 heavy (non-hydrogen) atoms. The quantitative estimate of drug-likeness (QED) is 0.580. The predicted octanol–water partition coefficient (Wildman–Crippen LogP) is 4.86. The van der Waals surface area contributed by atoms with Gasteiger partial charge >= 0.3 is 0 Å². The average Bonchev–Trinajstić information content (AvgIpc) is 2.68. The number of nitrogens with zero attached hydrogens (tertiary/aromatic N) is 2. The van der Waals surface area contributed by atoms with Crippen molar-refractivity contribution in [1.82, 2.24) is 9.97 Å². The highest BCUT2D eigenvalue weighted by Crippen LogP contribution is 2.24. The van der Waals surface area contributed by atoms with Crippen LogP contribution >= 0.6 is 0 Å². The van der Waals surface area contributed by atoms with Gasteiger partial charge in [0.2, 0.25) is 0 Å². The number of hydrogen-bond acceptors (Lipinski definition) is 3. The Morgan fingerprint density at radius 2 is 1.73 bits per heavy atom. The van der Waals surface area contributed by atoms with Gasteiger partial charge in [-0.1, -0.05) is 42.5 Å². The fourth-order valence-corrected chi connectivity index (χ4v) is 2.90. The summed E-state index contributed by atoms with van der Waals surface area (Å²) < 4.78 is 0. The third-order valence-electron chi connectivity index (χ3n) is 4.27. The van der Waals surface area contributed by atoms with Gasteiger partial charge in [0.05, 0.1) is 5.52 Å². The van der Waals surface area contributed by atoms with Crippen molar-refractivity contribution >= 4 is 22.5 Å². The van der Waals surface area contributed by atoms with Crippen molar-refractivity contribution in [2.45, 2.75) is 6.92 Å². The average molecular weight is 339 g/mol. The molecule has 2 heterocycles. The van der Waals surface area contributed by atoms with Crippen molar-refractivity contribution < 1.29 is 4.79 Å². The standard InChI is InChI=1S/C22H17N3O/c1-15-6-5-11-23-21(15)22(26)25-19-10-9-17-12-18(14-24-20(17)13-19)16-7-3-2-4-8-16/h2-14H,1H3,(H,25,26). The lowest BCUT2D eigenvalue weighted by atomic mass is 10.1. The SMILES string of the molecule is Cc1cccnc1C(=O)Nc1ccc2cc(-c3ccccc3)cnc2c1. The summed E-state index contributed by atoms with van der Waals surface area (Å²) in [5, 5.41) is 3.92. The van der Waals surface area contributed by atoms with E-state index in [-0.39, 0.29) is 5.91 Å². The molecule has 0 aliphatic heterocycles. The van der Waals surface area contributed by atoms with Crippen molar-refractivity contribution in [2.75, 3.05) is 5.32 Å². The highest BCUT2D eigenvalue weighted by Gasteiger charge is 2.11. The third-order valence-corrected chi connectivity index (χ3v) is 4.27. The predicted molar refractivity (Wildman–Crippen MR) is 104 cm³/mol. The number of hydrogen-bond donors (Lipinski definition) is 1. The smallest absolute Gasteiger partial charge is 0.274 e. The Labute approximate surface area is 151 Å². The second-order valence-corrected chi connectivity index (χ2v) is 6.12. The van der Waals surface area contributed by atoms with Crippen molar-refractivity contribution in [1.29, 1.82) is 0 Å². The van der Waals surface area contributed by atoms with Crippen LogP contribution < -0.4 is 5.32 Å². The van der Waals surface area contributed by atoms with Gasteiger partial charge < -0.3 is 5.32 Å². The van der Waals surface area contributed by atoms with Gasteiger partial charge in [0.15, 0.2) is 0 Å². The molecule has 4 rings (SSSR count). The lowest BCUT2D eigenvalue weighted by molar-refractivity contribution is 0.102. The number of aryl methyl sites for hydroxylation is 1. The molecule has 4 aromatic rings. The van der Waals surface area contributed by atoms with Gasteiger partial charge in [-0.3, -0.25) is 14.8 Å². The van der Waals surface area contributed by atoms with Crippen LogP contribution in [0.3, 0.4) is 0 Å². The van der Waals surface area contributed by atoms with Gasteiger partial charge in [-0.05, 0) is 42.3 Å². The highest BCUT2D eigenvalue weighted by molar-refractivity contribution is 6.04. The summed E-state index contributed by atoms with van der Waals surface area (Å²) in [7, 11) is 0. The zero-order chi connectivity index (χ0) is 17.9. The van der Waals surface area contributed by atoms with Crippen molar-refractivity contribution in [3.8, 4) is 11.1 Å². The molecule has 0 aliphatic carbocycles. The first kappa shape index (κ1) is 16.0. The number of fused-ring (bicyclic) bond motifs is 1. The molecule has 4 nitrogen and oxygen atoms in total. The van der Waals surface area contributed by atoms with Crippen LogP contribution in [0.15, 0.2) is 79.1 Å². The van der Waals surface area contributed by atoms with E-state index in [0.29, 0.717) is 11.4 Å². The van der Waals surface area contributed by atoms with E-state index in [1.54, 1.807) is 6.20 Å². The minimum atomic E-state index is -0.219. The molecule has 2 aromatic carbocycles. The summed E-state index contributed by atoms with van der Waals surface area (Å²) in [4.78, 5) is 21.1. The highest BCUT2D eigenvalue weighted by atomic mass is 16.1. The number of rotatable bonds is 3. The Bertz CT molecular complexity index is 1090. The maximum atomic E-state index is 12.4. The number of anilines is 1. The Hall–Kier alpha value is -3.53. The van der Waals surface area contributed by atoms with Crippen molar-refractivity contribution in [2.24, 2.45) is 0 Å². The van der Waals surface area contributed by atoms with E-state index in [9.17, 15) is 4.79 Å². The number of benzene rings is 2. The number of amides is 1. The van der Waals surface area contributed by atoms with E-state index in [2.05, 4.69) is 33.5 Å². The van der Waals surface area contributed by atoms with E-state index < -0.39 is 0 Å². The number of nitrogens with one attached hydrogen (secondary N) is 1. The van der Waals surface area contributed by atoms with Crippen LogP contribution in [0.4, 0.5) is 5.69 Å². The number of carbonyl (C=O) groups is 1. The van der Waals surface area contributed by atoms with E-state index >= 15 is 0 Å². The van der Waals surface area contributed by atoms with Gasteiger partial charge in [0.25, 0.3) is 5.91 Å². The first-order chi connectivity index (χ1) is 12.7. The molecule has 1 amide bonds. The zero-order valence-corrected chi connectivity index (χ0v) is 14.3. The lowest BCUT2D eigenvalue weighted by Crippen LogP contribution is -2.15. The van der Waals surface area contributed by atoms with Gasteiger partial charge in [0.1, 0.15) is 5.69 Å². The molecular formula is C22H17N3O. The van der Waals surface area contributed by atoms with E-state index in [1.807, 2.05) is 61.7 Å². The third kappa shape index (κ3) is 3.17. The van der Waals surface area contributed by atoms with Crippen LogP contribution in [-0.2, 0) is 0 Å². The molecule has 0 unspecified atom stereocenters.